The lowest BCUT2D eigenvalue weighted by molar-refractivity contribution is -0.168. The Morgan fingerprint density at radius 2 is 1.72 bits per heavy atom. The molecule has 0 radical (unpaired) electrons. The highest BCUT2D eigenvalue weighted by molar-refractivity contribution is 5.91. The summed E-state index contributed by atoms with van der Waals surface area (Å²) in [7, 11) is 0. The van der Waals surface area contributed by atoms with Gasteiger partial charge in [-0.1, -0.05) is 19.4 Å². The molecule has 1 spiro atoms. The highest BCUT2D eigenvalue weighted by atomic mass is 16.6. The van der Waals surface area contributed by atoms with Gasteiger partial charge in [0.05, 0.1) is 0 Å². The first-order valence-electron chi connectivity index (χ1n) is 10.3. The summed E-state index contributed by atoms with van der Waals surface area (Å²) in [6, 6.07) is 0. The fourth-order valence-electron chi connectivity index (χ4n) is 7.85. The minimum atomic E-state index is -0.167. The number of rotatable bonds is 0. The molecular weight excluding hydrogens is 312 g/mol. The van der Waals surface area contributed by atoms with Crippen LogP contribution in [0.25, 0.3) is 0 Å². The second-order valence-electron chi connectivity index (χ2n) is 9.93. The zero-order chi connectivity index (χ0) is 17.4. The number of carbonyl (C=O) groups is 2. The average Bonchev–Trinajstić information content (AvgIpc) is 3.10. The number of esters is 1. The molecule has 5 rings (SSSR count). The van der Waals surface area contributed by atoms with Gasteiger partial charge in [-0.15, -0.1) is 0 Å². The largest absolute Gasteiger partial charge is 0.458 e. The molecule has 0 unspecified atom stereocenters. The van der Waals surface area contributed by atoms with Crippen LogP contribution in [0.4, 0.5) is 0 Å². The maximum absolute atomic E-state index is 11.9. The third kappa shape index (κ3) is 1.93. The zero-order valence-electron chi connectivity index (χ0n) is 15.6. The quantitative estimate of drug-likeness (QED) is 0.605. The summed E-state index contributed by atoms with van der Waals surface area (Å²) in [4.78, 5) is 23.8. The van der Waals surface area contributed by atoms with E-state index in [2.05, 4.69) is 13.8 Å². The van der Waals surface area contributed by atoms with Crippen molar-refractivity contribution in [2.45, 2.75) is 83.7 Å². The Morgan fingerprint density at radius 3 is 2.48 bits per heavy atom. The summed E-state index contributed by atoms with van der Waals surface area (Å²) in [6.07, 6.45) is 12.3. The summed E-state index contributed by atoms with van der Waals surface area (Å²) in [5.41, 5.74) is 1.68. The molecule has 4 aliphatic carbocycles. The van der Waals surface area contributed by atoms with E-state index in [1.165, 1.54) is 31.3 Å². The lowest BCUT2D eigenvalue weighted by atomic mass is 9.46. The van der Waals surface area contributed by atoms with E-state index in [0.29, 0.717) is 24.0 Å². The Kier molecular flexibility index (Phi) is 3.21. The van der Waals surface area contributed by atoms with Gasteiger partial charge in [0.25, 0.3) is 0 Å². The van der Waals surface area contributed by atoms with Crippen molar-refractivity contribution in [3.8, 4) is 0 Å². The van der Waals surface area contributed by atoms with Crippen LogP contribution in [0.3, 0.4) is 0 Å². The summed E-state index contributed by atoms with van der Waals surface area (Å²) >= 11 is 0. The minimum Gasteiger partial charge on any atom is -0.458 e. The van der Waals surface area contributed by atoms with Crippen molar-refractivity contribution in [2.24, 2.45) is 28.6 Å². The molecule has 0 aromatic carbocycles. The molecule has 25 heavy (non-hydrogen) atoms. The molecule has 1 heterocycles. The molecule has 4 fully saturated rings. The van der Waals surface area contributed by atoms with Gasteiger partial charge in [-0.2, -0.15) is 0 Å². The van der Waals surface area contributed by atoms with Gasteiger partial charge in [0.2, 0.25) is 0 Å². The van der Waals surface area contributed by atoms with Gasteiger partial charge in [-0.05, 0) is 80.6 Å². The Balaban J connectivity index is 1.49. The molecule has 0 amide bonds. The number of carbonyl (C=O) groups excluding carboxylic acids is 2. The van der Waals surface area contributed by atoms with Crippen LogP contribution in [0.1, 0.15) is 78.1 Å². The number of ether oxygens (including phenoxy) is 1. The highest BCUT2D eigenvalue weighted by Gasteiger charge is 2.66. The first kappa shape index (κ1) is 16.1. The van der Waals surface area contributed by atoms with E-state index in [-0.39, 0.29) is 22.4 Å². The van der Waals surface area contributed by atoms with Gasteiger partial charge in [0.1, 0.15) is 5.60 Å². The average molecular weight is 342 g/mol. The van der Waals surface area contributed by atoms with E-state index in [1.807, 2.05) is 6.08 Å². The Hall–Kier alpha value is -1.12. The summed E-state index contributed by atoms with van der Waals surface area (Å²) in [5.74, 6) is 2.51. The molecular formula is C22H30O3. The van der Waals surface area contributed by atoms with Gasteiger partial charge in [-0.3, -0.25) is 9.59 Å². The van der Waals surface area contributed by atoms with Crippen LogP contribution in [0.15, 0.2) is 11.6 Å². The SMILES string of the molecule is C[C@@]12CCC(=O)C=C1CC[C@H]1[C@H]3CC[C@@]4(CCC(=O)O4)[C@]3(C)CC[C@@H]12. The van der Waals surface area contributed by atoms with Crippen LogP contribution in [0.2, 0.25) is 0 Å². The van der Waals surface area contributed by atoms with E-state index in [4.69, 9.17) is 4.74 Å². The van der Waals surface area contributed by atoms with Crippen molar-refractivity contribution in [3.05, 3.63) is 11.6 Å². The fourth-order valence-corrected chi connectivity index (χ4v) is 7.85. The molecule has 136 valence electrons. The number of hydrogen-bond acceptors (Lipinski definition) is 3. The molecule has 0 aromatic heterocycles. The van der Waals surface area contributed by atoms with Gasteiger partial charge in [0, 0.05) is 18.3 Å². The van der Waals surface area contributed by atoms with Crippen LogP contribution in [0.5, 0.6) is 0 Å². The van der Waals surface area contributed by atoms with Crippen LogP contribution < -0.4 is 0 Å². The minimum absolute atomic E-state index is 0.0237. The van der Waals surface area contributed by atoms with E-state index in [9.17, 15) is 9.59 Å². The van der Waals surface area contributed by atoms with Crippen LogP contribution in [-0.2, 0) is 14.3 Å². The van der Waals surface area contributed by atoms with Crippen molar-refractivity contribution in [2.75, 3.05) is 0 Å². The number of fused-ring (bicyclic) bond motifs is 6. The molecule has 6 atom stereocenters. The summed E-state index contributed by atoms with van der Waals surface area (Å²) < 4.78 is 6.01. The van der Waals surface area contributed by atoms with Crippen molar-refractivity contribution >= 4 is 11.8 Å². The van der Waals surface area contributed by atoms with Gasteiger partial charge < -0.3 is 4.74 Å². The maximum atomic E-state index is 11.9. The normalized spacial score (nSPS) is 51.6. The zero-order valence-corrected chi connectivity index (χ0v) is 15.6. The molecule has 0 bridgehead atoms. The number of allylic oxidation sites excluding steroid dienone is 1. The molecule has 5 aliphatic rings. The highest BCUT2D eigenvalue weighted by Crippen LogP contribution is 2.69. The number of ketones is 1. The van der Waals surface area contributed by atoms with Gasteiger partial charge in [-0.25, -0.2) is 0 Å². The van der Waals surface area contributed by atoms with Crippen LogP contribution >= 0.6 is 0 Å². The van der Waals surface area contributed by atoms with E-state index >= 15 is 0 Å². The molecule has 3 heteroatoms. The molecule has 3 nitrogen and oxygen atoms in total. The van der Waals surface area contributed by atoms with E-state index in [1.54, 1.807) is 0 Å². The van der Waals surface area contributed by atoms with Crippen molar-refractivity contribution in [1.29, 1.82) is 0 Å². The first-order chi connectivity index (χ1) is 11.9. The third-order valence-electron chi connectivity index (χ3n) is 9.29. The Bertz CT molecular complexity index is 679. The summed E-state index contributed by atoms with van der Waals surface area (Å²) in [5, 5.41) is 0. The molecule has 3 saturated carbocycles. The molecule has 0 N–H and O–H groups in total. The van der Waals surface area contributed by atoms with E-state index < -0.39 is 0 Å². The molecule has 1 saturated heterocycles. The van der Waals surface area contributed by atoms with Crippen LogP contribution in [0, 0.1) is 28.6 Å². The Morgan fingerprint density at radius 1 is 0.920 bits per heavy atom. The monoisotopic (exact) mass is 342 g/mol. The molecule has 1 aliphatic heterocycles. The predicted molar refractivity (Wildman–Crippen MR) is 94.8 cm³/mol. The maximum Gasteiger partial charge on any atom is 0.306 e. The lowest BCUT2D eigenvalue weighted by Crippen LogP contribution is -2.54. The van der Waals surface area contributed by atoms with E-state index in [0.717, 1.165) is 38.0 Å². The van der Waals surface area contributed by atoms with Crippen LogP contribution in [-0.4, -0.2) is 17.4 Å². The van der Waals surface area contributed by atoms with Gasteiger partial charge >= 0.3 is 5.97 Å². The van der Waals surface area contributed by atoms with Crippen molar-refractivity contribution < 1.29 is 14.3 Å². The first-order valence-corrected chi connectivity index (χ1v) is 10.3. The number of hydrogen-bond donors (Lipinski definition) is 0. The molecule has 0 aromatic rings. The van der Waals surface area contributed by atoms with Crippen molar-refractivity contribution in [1.82, 2.24) is 0 Å². The van der Waals surface area contributed by atoms with Gasteiger partial charge in [0.15, 0.2) is 5.78 Å². The predicted octanol–water partition coefficient (Wildman–Crippen LogP) is 4.59. The van der Waals surface area contributed by atoms with Crippen molar-refractivity contribution in [3.63, 3.8) is 0 Å². The topological polar surface area (TPSA) is 43.4 Å². The third-order valence-corrected chi connectivity index (χ3v) is 9.29. The summed E-state index contributed by atoms with van der Waals surface area (Å²) in [6.45, 7) is 4.86. The standard InChI is InChI=1S/C22H30O3/c1-20-9-5-15(23)13-14(20)3-4-16-17(20)6-10-21(2)18(16)7-11-22(21)12-8-19(24)25-22/h13,16-18H,3-12H2,1-2H3/t16-,17+,18-,20-,21-,22-/m1/s1. The Labute approximate surface area is 150 Å². The second kappa shape index (κ2) is 4.98. The smallest absolute Gasteiger partial charge is 0.306 e. The fraction of sp³-hybridized carbons (Fsp3) is 0.818. The lowest BCUT2D eigenvalue weighted by Gasteiger charge is -2.59. The second-order valence-corrected chi connectivity index (χ2v) is 9.93.